The fraction of sp³-hybridized carbons (Fsp3) is 0.207. The summed E-state index contributed by atoms with van der Waals surface area (Å²) in [6.45, 7) is 2.02. The van der Waals surface area contributed by atoms with Gasteiger partial charge in [-0.25, -0.2) is 9.78 Å². The van der Waals surface area contributed by atoms with Gasteiger partial charge in [-0.05, 0) is 41.5 Å². The Hall–Kier alpha value is -3.85. The number of aliphatic hydroxyl groups excluding tert-OH is 1. The van der Waals surface area contributed by atoms with Crippen molar-refractivity contribution in [3.05, 3.63) is 106 Å². The van der Waals surface area contributed by atoms with Gasteiger partial charge in [-0.3, -0.25) is 9.69 Å². The zero-order valence-corrected chi connectivity index (χ0v) is 22.5. The van der Waals surface area contributed by atoms with Crippen LogP contribution in [0.15, 0.2) is 79.0 Å². The standard InChI is InChI=1S/C29H26Cl2N4O4/c1-17(18-5-3-2-4-6-18)26(27-32-16-24(33-27)22-12-9-20(30)15-23(22)31)35-28(37)25(34-29(35)38)19-7-10-21(11-8-19)39-14-13-36/h2-12,15-17,25-26,36H,13-14H2,1H3,(H,32,33)(H,34,38)/t17-,25+,26-/m0/s1. The van der Waals surface area contributed by atoms with Crippen LogP contribution in [0.2, 0.25) is 10.0 Å². The van der Waals surface area contributed by atoms with Crippen LogP contribution in [0.25, 0.3) is 11.3 Å². The minimum atomic E-state index is -0.866. The number of aliphatic hydroxyl groups is 1. The van der Waals surface area contributed by atoms with Gasteiger partial charge in [-0.1, -0.05) is 72.6 Å². The van der Waals surface area contributed by atoms with Gasteiger partial charge in [-0.15, -0.1) is 0 Å². The molecule has 3 aromatic carbocycles. The van der Waals surface area contributed by atoms with Crippen LogP contribution in [0.4, 0.5) is 4.79 Å². The molecule has 1 fully saturated rings. The van der Waals surface area contributed by atoms with Gasteiger partial charge in [-0.2, -0.15) is 0 Å². The van der Waals surface area contributed by atoms with E-state index in [4.69, 9.17) is 33.0 Å². The highest BCUT2D eigenvalue weighted by atomic mass is 35.5. The molecule has 3 atom stereocenters. The lowest BCUT2D eigenvalue weighted by atomic mass is 9.91. The molecule has 8 nitrogen and oxygen atoms in total. The number of carbonyl (C=O) groups is 2. The Morgan fingerprint density at radius 3 is 2.49 bits per heavy atom. The van der Waals surface area contributed by atoms with Crippen LogP contribution in [0.5, 0.6) is 5.75 Å². The van der Waals surface area contributed by atoms with Crippen molar-refractivity contribution in [2.75, 3.05) is 13.2 Å². The summed E-state index contributed by atoms with van der Waals surface area (Å²) in [7, 11) is 0. The molecular formula is C29H26Cl2N4O4. The minimum absolute atomic E-state index is 0.104. The van der Waals surface area contributed by atoms with Gasteiger partial charge in [0.2, 0.25) is 0 Å². The normalized spacial score (nSPS) is 16.7. The molecule has 1 aliphatic rings. The SMILES string of the molecule is C[C@@H](c1ccccc1)[C@@H](c1ncc(-c2ccc(Cl)cc2Cl)[nH]1)N1C(=O)N[C@H](c2ccc(OCCO)cc2)C1=O. The molecule has 0 radical (unpaired) electrons. The molecule has 200 valence electrons. The molecule has 0 unspecified atom stereocenters. The smallest absolute Gasteiger partial charge is 0.325 e. The number of hydrogen-bond donors (Lipinski definition) is 3. The van der Waals surface area contributed by atoms with E-state index in [1.807, 2.05) is 37.3 Å². The van der Waals surface area contributed by atoms with E-state index in [2.05, 4.69) is 15.3 Å². The Labute approximate surface area is 235 Å². The number of H-pyrrole nitrogens is 1. The van der Waals surface area contributed by atoms with Crippen molar-refractivity contribution < 1.29 is 19.4 Å². The number of hydrogen-bond acceptors (Lipinski definition) is 5. The first-order valence-corrected chi connectivity index (χ1v) is 13.2. The van der Waals surface area contributed by atoms with Gasteiger partial charge in [0.1, 0.15) is 30.3 Å². The topological polar surface area (TPSA) is 108 Å². The van der Waals surface area contributed by atoms with E-state index in [9.17, 15) is 9.59 Å². The van der Waals surface area contributed by atoms with E-state index in [0.29, 0.717) is 38.4 Å². The number of ether oxygens (including phenoxy) is 1. The van der Waals surface area contributed by atoms with Crippen molar-refractivity contribution in [3.8, 4) is 17.0 Å². The first kappa shape index (κ1) is 26.7. The number of nitrogens with one attached hydrogen (secondary N) is 2. The van der Waals surface area contributed by atoms with Gasteiger partial charge in [0, 0.05) is 16.5 Å². The van der Waals surface area contributed by atoms with Crippen LogP contribution >= 0.6 is 23.2 Å². The molecule has 3 amide bonds. The summed E-state index contributed by atoms with van der Waals surface area (Å²) in [5.74, 6) is 0.332. The fourth-order valence-electron chi connectivity index (χ4n) is 4.76. The highest BCUT2D eigenvalue weighted by Gasteiger charge is 2.46. The van der Waals surface area contributed by atoms with Gasteiger partial charge >= 0.3 is 6.03 Å². The Balaban J connectivity index is 1.50. The van der Waals surface area contributed by atoms with E-state index in [-0.39, 0.29) is 25.0 Å². The summed E-state index contributed by atoms with van der Waals surface area (Å²) in [5, 5.41) is 12.8. The molecule has 4 aromatic rings. The second-order valence-corrected chi connectivity index (χ2v) is 10.0. The van der Waals surface area contributed by atoms with Crippen molar-refractivity contribution in [1.82, 2.24) is 20.2 Å². The molecule has 10 heteroatoms. The van der Waals surface area contributed by atoms with Gasteiger partial charge in [0.25, 0.3) is 5.91 Å². The van der Waals surface area contributed by atoms with Crippen LogP contribution in [0, 0.1) is 0 Å². The Morgan fingerprint density at radius 2 is 1.79 bits per heavy atom. The van der Waals surface area contributed by atoms with Crippen molar-refractivity contribution in [2.45, 2.75) is 24.9 Å². The number of urea groups is 1. The summed E-state index contributed by atoms with van der Waals surface area (Å²) in [6, 6.07) is 19.6. The molecule has 5 rings (SSSR count). The predicted molar refractivity (Wildman–Crippen MR) is 149 cm³/mol. The van der Waals surface area contributed by atoms with Crippen LogP contribution in [0.3, 0.4) is 0 Å². The van der Waals surface area contributed by atoms with Crippen molar-refractivity contribution in [3.63, 3.8) is 0 Å². The molecule has 1 aromatic heterocycles. The molecule has 1 saturated heterocycles. The maximum Gasteiger partial charge on any atom is 0.325 e. The second-order valence-electron chi connectivity index (χ2n) is 9.18. The number of aromatic amines is 1. The van der Waals surface area contributed by atoms with Gasteiger partial charge < -0.3 is 20.1 Å². The number of carbonyl (C=O) groups excluding carboxylic acids is 2. The van der Waals surface area contributed by atoms with Crippen LogP contribution in [0.1, 0.15) is 41.9 Å². The van der Waals surface area contributed by atoms with Crippen molar-refractivity contribution >= 4 is 35.1 Å². The molecule has 3 N–H and O–H groups in total. The number of nitrogens with zero attached hydrogens (tertiary/aromatic N) is 2. The maximum absolute atomic E-state index is 13.8. The number of imidazole rings is 1. The third kappa shape index (κ3) is 5.49. The van der Waals surface area contributed by atoms with Crippen molar-refractivity contribution in [1.29, 1.82) is 0 Å². The minimum Gasteiger partial charge on any atom is -0.491 e. The Bertz CT molecular complexity index is 1480. The zero-order valence-electron chi connectivity index (χ0n) is 21.0. The van der Waals surface area contributed by atoms with E-state index in [0.717, 1.165) is 5.56 Å². The van der Waals surface area contributed by atoms with Gasteiger partial charge in [0.05, 0.1) is 23.5 Å². The number of imide groups is 1. The van der Waals surface area contributed by atoms with E-state index < -0.39 is 18.1 Å². The summed E-state index contributed by atoms with van der Waals surface area (Å²) in [4.78, 5) is 36.3. The summed E-state index contributed by atoms with van der Waals surface area (Å²) >= 11 is 12.5. The Kier molecular flexibility index (Phi) is 7.88. The molecule has 1 aliphatic heterocycles. The van der Waals surface area contributed by atoms with E-state index >= 15 is 0 Å². The number of benzene rings is 3. The lowest BCUT2D eigenvalue weighted by molar-refractivity contribution is -0.129. The van der Waals surface area contributed by atoms with E-state index in [1.54, 1.807) is 48.7 Å². The molecule has 0 aliphatic carbocycles. The van der Waals surface area contributed by atoms with E-state index in [1.165, 1.54) is 4.90 Å². The number of aromatic nitrogens is 2. The monoisotopic (exact) mass is 564 g/mol. The fourth-order valence-corrected chi connectivity index (χ4v) is 5.27. The second kappa shape index (κ2) is 11.5. The molecule has 39 heavy (non-hydrogen) atoms. The lowest BCUT2D eigenvalue weighted by Crippen LogP contribution is -2.38. The predicted octanol–water partition coefficient (Wildman–Crippen LogP) is 5.89. The lowest BCUT2D eigenvalue weighted by Gasteiger charge is -2.29. The first-order valence-electron chi connectivity index (χ1n) is 12.4. The first-order chi connectivity index (χ1) is 18.9. The quantitative estimate of drug-likeness (QED) is 0.219. The maximum atomic E-state index is 13.8. The summed E-state index contributed by atoms with van der Waals surface area (Å²) in [6.07, 6.45) is 1.64. The molecule has 2 heterocycles. The Morgan fingerprint density at radius 1 is 1.05 bits per heavy atom. The average Bonchev–Trinajstić information content (AvgIpc) is 3.53. The summed E-state index contributed by atoms with van der Waals surface area (Å²) < 4.78 is 5.41. The van der Waals surface area contributed by atoms with Crippen LogP contribution in [-0.4, -0.2) is 45.1 Å². The largest absolute Gasteiger partial charge is 0.491 e. The van der Waals surface area contributed by atoms with Crippen LogP contribution in [-0.2, 0) is 4.79 Å². The van der Waals surface area contributed by atoms with Gasteiger partial charge in [0.15, 0.2) is 0 Å². The summed E-state index contributed by atoms with van der Waals surface area (Å²) in [5.41, 5.74) is 2.90. The third-order valence-corrected chi connectivity index (χ3v) is 7.27. The zero-order chi connectivity index (χ0) is 27.5. The van der Waals surface area contributed by atoms with Crippen LogP contribution < -0.4 is 10.1 Å². The molecular weight excluding hydrogens is 539 g/mol. The highest BCUT2D eigenvalue weighted by Crippen LogP contribution is 2.40. The molecule has 0 bridgehead atoms. The highest BCUT2D eigenvalue weighted by molar-refractivity contribution is 6.36. The molecule has 0 spiro atoms. The van der Waals surface area contributed by atoms with Crippen molar-refractivity contribution in [2.24, 2.45) is 0 Å². The number of rotatable bonds is 9. The number of halogens is 2. The average molecular weight is 565 g/mol. The third-order valence-electron chi connectivity index (χ3n) is 6.72. The number of amides is 3. The molecule has 0 saturated carbocycles.